The van der Waals surface area contributed by atoms with E-state index in [0.717, 1.165) is 41.8 Å². The standard InChI is InChI=1S/C26H27NO5S/c1-17-5-4-6-21(13-17)33(28,29)32-26-23-16-27-12-11-19-14-20(30-2)8-9-22(19)24(27)15-18(23)7-10-25(26)31-3/h4-10,13-14,24H,11-12,15-16H2,1-3H3. The minimum atomic E-state index is -4.00. The first-order valence-electron chi connectivity index (χ1n) is 11.0. The van der Waals surface area contributed by atoms with Gasteiger partial charge in [-0.2, -0.15) is 8.42 Å². The van der Waals surface area contributed by atoms with Crippen molar-refractivity contribution in [2.45, 2.75) is 37.2 Å². The summed E-state index contributed by atoms with van der Waals surface area (Å²) < 4.78 is 42.9. The van der Waals surface area contributed by atoms with Gasteiger partial charge in [-0.15, -0.1) is 0 Å². The molecule has 7 heteroatoms. The van der Waals surface area contributed by atoms with Crippen molar-refractivity contribution in [3.8, 4) is 17.2 Å². The van der Waals surface area contributed by atoms with Crippen molar-refractivity contribution in [3.63, 3.8) is 0 Å². The zero-order valence-electron chi connectivity index (χ0n) is 19.0. The van der Waals surface area contributed by atoms with Crippen LogP contribution in [0.3, 0.4) is 0 Å². The Labute approximate surface area is 194 Å². The van der Waals surface area contributed by atoms with Gasteiger partial charge < -0.3 is 13.7 Å². The molecule has 2 aliphatic rings. The average Bonchev–Trinajstić information content (AvgIpc) is 2.82. The molecule has 3 aromatic carbocycles. The smallest absolute Gasteiger partial charge is 0.339 e. The highest BCUT2D eigenvalue weighted by Crippen LogP contribution is 2.45. The Morgan fingerprint density at radius 3 is 2.58 bits per heavy atom. The van der Waals surface area contributed by atoms with Crippen LogP contribution < -0.4 is 13.7 Å². The molecule has 0 saturated heterocycles. The van der Waals surface area contributed by atoms with Gasteiger partial charge in [-0.3, -0.25) is 4.90 Å². The van der Waals surface area contributed by atoms with Crippen LogP contribution in [0.15, 0.2) is 59.5 Å². The summed E-state index contributed by atoms with van der Waals surface area (Å²) in [7, 11) is -0.780. The fraction of sp³-hybridized carbons (Fsp3) is 0.308. The highest BCUT2D eigenvalue weighted by Gasteiger charge is 2.35. The molecule has 3 aromatic rings. The number of ether oxygens (including phenoxy) is 2. The van der Waals surface area contributed by atoms with Crippen LogP contribution in [-0.2, 0) is 29.5 Å². The lowest BCUT2D eigenvalue weighted by atomic mass is 9.83. The molecule has 1 atom stereocenters. The van der Waals surface area contributed by atoms with Gasteiger partial charge in [0.25, 0.3) is 0 Å². The Kier molecular flexibility index (Phi) is 5.54. The Hall–Kier alpha value is -3.03. The number of hydrogen-bond donors (Lipinski definition) is 0. The van der Waals surface area contributed by atoms with Crippen LogP contribution in [0.4, 0.5) is 0 Å². The highest BCUT2D eigenvalue weighted by atomic mass is 32.2. The third-order valence-corrected chi connectivity index (χ3v) is 7.82. The predicted octanol–water partition coefficient (Wildman–Crippen LogP) is 4.44. The second-order valence-electron chi connectivity index (χ2n) is 8.59. The minimum Gasteiger partial charge on any atom is -0.497 e. The molecule has 0 saturated carbocycles. The first-order chi connectivity index (χ1) is 15.9. The van der Waals surface area contributed by atoms with Crippen molar-refractivity contribution in [1.82, 2.24) is 4.90 Å². The lowest BCUT2D eigenvalue weighted by Crippen LogP contribution is -2.39. The van der Waals surface area contributed by atoms with Crippen molar-refractivity contribution in [3.05, 3.63) is 82.4 Å². The molecule has 172 valence electrons. The Bertz CT molecular complexity index is 1320. The quantitative estimate of drug-likeness (QED) is 0.519. The summed E-state index contributed by atoms with van der Waals surface area (Å²) in [6.07, 6.45) is 1.69. The number of methoxy groups -OCH3 is 2. The van der Waals surface area contributed by atoms with E-state index in [9.17, 15) is 8.42 Å². The summed E-state index contributed by atoms with van der Waals surface area (Å²) in [5, 5.41) is 0. The molecule has 0 radical (unpaired) electrons. The average molecular weight is 466 g/mol. The summed E-state index contributed by atoms with van der Waals surface area (Å²) in [5.74, 6) is 1.58. The normalized spacial score (nSPS) is 17.5. The molecule has 0 N–H and O–H groups in total. The van der Waals surface area contributed by atoms with Crippen molar-refractivity contribution >= 4 is 10.1 Å². The molecule has 0 aromatic heterocycles. The number of nitrogens with zero attached hydrogens (tertiary/aromatic N) is 1. The van der Waals surface area contributed by atoms with Crippen molar-refractivity contribution in [2.75, 3.05) is 20.8 Å². The third-order valence-electron chi connectivity index (χ3n) is 6.61. The van der Waals surface area contributed by atoms with E-state index in [-0.39, 0.29) is 16.7 Å². The molecule has 6 nitrogen and oxygen atoms in total. The lowest BCUT2D eigenvalue weighted by Gasteiger charge is -2.42. The molecule has 0 fully saturated rings. The molecule has 2 aliphatic heterocycles. The van der Waals surface area contributed by atoms with Crippen LogP contribution in [0.1, 0.15) is 33.9 Å². The zero-order chi connectivity index (χ0) is 23.2. The number of fused-ring (bicyclic) bond motifs is 4. The Balaban J connectivity index is 1.53. The van der Waals surface area contributed by atoms with Crippen molar-refractivity contribution in [1.29, 1.82) is 0 Å². The third kappa shape index (κ3) is 3.96. The first-order valence-corrected chi connectivity index (χ1v) is 12.4. The second kappa shape index (κ2) is 8.39. The lowest BCUT2D eigenvalue weighted by molar-refractivity contribution is 0.159. The summed E-state index contributed by atoms with van der Waals surface area (Å²) in [6.45, 7) is 3.33. The molecule has 33 heavy (non-hydrogen) atoms. The van der Waals surface area contributed by atoms with E-state index >= 15 is 0 Å². The van der Waals surface area contributed by atoms with Gasteiger partial charge >= 0.3 is 10.1 Å². The maximum Gasteiger partial charge on any atom is 0.339 e. The summed E-state index contributed by atoms with van der Waals surface area (Å²) in [6, 6.07) is 17.1. The second-order valence-corrected chi connectivity index (χ2v) is 10.1. The number of rotatable bonds is 5. The van der Waals surface area contributed by atoms with E-state index in [1.165, 1.54) is 18.2 Å². The molecule has 1 unspecified atom stereocenters. The van der Waals surface area contributed by atoms with Crippen LogP contribution in [0.2, 0.25) is 0 Å². The SMILES string of the molecule is COc1ccc2c(c1)CCN1Cc3c(ccc(OC)c3OS(=O)(=O)c3cccc(C)c3)CC21. The maximum atomic E-state index is 13.1. The molecule has 0 spiro atoms. The number of hydrogen-bond acceptors (Lipinski definition) is 6. The van der Waals surface area contributed by atoms with Crippen molar-refractivity contribution < 1.29 is 22.1 Å². The van der Waals surface area contributed by atoms with Crippen LogP contribution in [0.5, 0.6) is 17.2 Å². The van der Waals surface area contributed by atoms with Gasteiger partial charge in [0, 0.05) is 24.7 Å². The summed E-state index contributed by atoms with van der Waals surface area (Å²) in [5.41, 5.74) is 5.42. The molecule has 5 rings (SSSR count). The molecule has 0 amide bonds. The minimum absolute atomic E-state index is 0.136. The van der Waals surface area contributed by atoms with Gasteiger partial charge in [-0.05, 0) is 72.4 Å². The highest BCUT2D eigenvalue weighted by molar-refractivity contribution is 7.87. The first kappa shape index (κ1) is 21.8. The van der Waals surface area contributed by atoms with Gasteiger partial charge in [0.2, 0.25) is 0 Å². The van der Waals surface area contributed by atoms with Gasteiger partial charge in [0.15, 0.2) is 11.5 Å². The van der Waals surface area contributed by atoms with Crippen LogP contribution in [0, 0.1) is 6.92 Å². The van der Waals surface area contributed by atoms with E-state index < -0.39 is 10.1 Å². The molecule has 2 heterocycles. The van der Waals surface area contributed by atoms with E-state index in [1.807, 2.05) is 25.1 Å². The van der Waals surface area contributed by atoms with E-state index in [4.69, 9.17) is 13.7 Å². The van der Waals surface area contributed by atoms with Crippen LogP contribution in [0.25, 0.3) is 0 Å². The number of aryl methyl sites for hydroxylation is 1. The summed E-state index contributed by atoms with van der Waals surface area (Å²) >= 11 is 0. The van der Waals surface area contributed by atoms with Gasteiger partial charge in [-0.1, -0.05) is 24.3 Å². The van der Waals surface area contributed by atoms with E-state index in [0.29, 0.717) is 12.3 Å². The fourth-order valence-corrected chi connectivity index (χ4v) is 5.97. The molecular weight excluding hydrogens is 438 g/mol. The topological polar surface area (TPSA) is 65.1 Å². The predicted molar refractivity (Wildman–Crippen MR) is 126 cm³/mol. The van der Waals surface area contributed by atoms with Gasteiger partial charge in [-0.25, -0.2) is 0 Å². The van der Waals surface area contributed by atoms with Crippen LogP contribution >= 0.6 is 0 Å². The Morgan fingerprint density at radius 1 is 0.970 bits per heavy atom. The monoisotopic (exact) mass is 465 g/mol. The molecule has 0 aliphatic carbocycles. The van der Waals surface area contributed by atoms with Gasteiger partial charge in [0.05, 0.1) is 14.2 Å². The fourth-order valence-electron chi connectivity index (χ4n) is 4.90. The molecule has 0 bridgehead atoms. The largest absolute Gasteiger partial charge is 0.497 e. The van der Waals surface area contributed by atoms with Crippen LogP contribution in [-0.4, -0.2) is 34.1 Å². The maximum absolute atomic E-state index is 13.1. The number of benzene rings is 3. The zero-order valence-corrected chi connectivity index (χ0v) is 19.8. The van der Waals surface area contributed by atoms with Gasteiger partial charge in [0.1, 0.15) is 10.6 Å². The van der Waals surface area contributed by atoms with E-state index in [2.05, 4.69) is 17.0 Å². The van der Waals surface area contributed by atoms with Crippen molar-refractivity contribution in [2.24, 2.45) is 0 Å². The summed E-state index contributed by atoms with van der Waals surface area (Å²) in [4.78, 5) is 2.53. The Morgan fingerprint density at radius 2 is 1.82 bits per heavy atom. The molecular formula is C26H27NO5S. The van der Waals surface area contributed by atoms with E-state index in [1.54, 1.807) is 31.4 Å².